The van der Waals surface area contributed by atoms with Gasteiger partial charge in [0.1, 0.15) is 0 Å². The van der Waals surface area contributed by atoms with Crippen LogP contribution in [0.15, 0.2) is 12.2 Å². The molecule has 1 aliphatic rings. The van der Waals surface area contributed by atoms with Crippen LogP contribution in [0, 0.1) is 5.92 Å². The van der Waals surface area contributed by atoms with Crippen molar-refractivity contribution in [2.45, 2.75) is 26.3 Å². The maximum atomic E-state index is 11.7. The van der Waals surface area contributed by atoms with Gasteiger partial charge in [0.15, 0.2) is 0 Å². The molecule has 0 aromatic carbocycles. The maximum absolute atomic E-state index is 11.7. The van der Waals surface area contributed by atoms with Gasteiger partial charge >= 0.3 is 11.9 Å². The van der Waals surface area contributed by atoms with Gasteiger partial charge < -0.3 is 20.8 Å². The van der Waals surface area contributed by atoms with Gasteiger partial charge in [-0.2, -0.15) is 0 Å². The van der Waals surface area contributed by atoms with E-state index in [0.717, 1.165) is 24.6 Å². The quantitative estimate of drug-likeness (QED) is 0.635. The molecular weight excluding hydrogens is 296 g/mol. The lowest BCUT2D eigenvalue weighted by atomic mass is 9.99. The average Bonchev–Trinajstić information content (AvgIpc) is 2.97. The summed E-state index contributed by atoms with van der Waals surface area (Å²) in [6.45, 7) is 4.97. The lowest BCUT2D eigenvalue weighted by molar-refractivity contribution is -0.134. The first-order valence-corrected chi connectivity index (χ1v) is 7.71. The lowest BCUT2D eigenvalue weighted by Crippen LogP contribution is -2.45. The second-order valence-electron chi connectivity index (χ2n) is 4.56. The molecule has 1 saturated heterocycles. The number of carbonyl (C=O) groups is 3. The van der Waals surface area contributed by atoms with E-state index in [4.69, 9.17) is 15.9 Å². The molecule has 1 amide bonds. The van der Waals surface area contributed by atoms with Crippen molar-refractivity contribution in [1.82, 2.24) is 4.90 Å². The molecule has 4 N–H and O–H groups in total. The van der Waals surface area contributed by atoms with E-state index >= 15 is 0 Å². The number of hydrogen-bond acceptors (Lipinski definition) is 5. The molecule has 0 radical (unpaired) electrons. The minimum atomic E-state index is -1.26. The molecule has 1 heterocycles. The molecule has 1 fully saturated rings. The zero-order valence-electron chi connectivity index (χ0n) is 12.2. The second-order valence-corrected chi connectivity index (χ2v) is 5.63. The Hall–Kier alpha value is -1.54. The average molecular weight is 318 g/mol. The van der Waals surface area contributed by atoms with E-state index in [-0.39, 0.29) is 17.9 Å². The number of nitrogens with zero attached hydrogens (tertiary/aromatic N) is 1. The molecule has 2 unspecified atom stereocenters. The van der Waals surface area contributed by atoms with Crippen molar-refractivity contribution < 1.29 is 24.6 Å². The summed E-state index contributed by atoms with van der Waals surface area (Å²) in [7, 11) is 0. The van der Waals surface area contributed by atoms with Crippen LogP contribution >= 0.6 is 11.8 Å². The monoisotopic (exact) mass is 318 g/mol. The van der Waals surface area contributed by atoms with Crippen LogP contribution in [-0.2, 0) is 14.4 Å². The van der Waals surface area contributed by atoms with Crippen LogP contribution in [0.25, 0.3) is 0 Å². The fourth-order valence-corrected chi connectivity index (χ4v) is 2.39. The number of amides is 1. The zero-order chi connectivity index (χ0) is 16.4. The molecule has 0 saturated carbocycles. The molecule has 2 atom stereocenters. The lowest BCUT2D eigenvalue weighted by Gasteiger charge is -2.23. The Morgan fingerprint density at radius 3 is 2.14 bits per heavy atom. The summed E-state index contributed by atoms with van der Waals surface area (Å²) in [6, 6.07) is -0.302. The van der Waals surface area contributed by atoms with Gasteiger partial charge in [0.25, 0.3) is 0 Å². The van der Waals surface area contributed by atoms with Crippen LogP contribution in [0.1, 0.15) is 20.3 Å². The first kappa shape index (κ1) is 19.5. The Kier molecular flexibility index (Phi) is 9.48. The predicted molar refractivity (Wildman–Crippen MR) is 80.9 cm³/mol. The summed E-state index contributed by atoms with van der Waals surface area (Å²) < 4.78 is 0. The Balaban J connectivity index is 0.000000433. The van der Waals surface area contributed by atoms with Crippen molar-refractivity contribution in [3.05, 3.63) is 12.2 Å². The minimum Gasteiger partial charge on any atom is -0.478 e. The minimum absolute atomic E-state index is 0.124. The van der Waals surface area contributed by atoms with Crippen molar-refractivity contribution in [2.75, 3.05) is 18.2 Å². The van der Waals surface area contributed by atoms with Crippen molar-refractivity contribution in [3.63, 3.8) is 0 Å². The summed E-state index contributed by atoms with van der Waals surface area (Å²) >= 11 is 1.80. The number of aliphatic carboxylic acids is 2. The van der Waals surface area contributed by atoms with Gasteiger partial charge in [0, 0.05) is 24.4 Å². The standard InChI is InChI=1S/C9H18N2OS.C4H4O4/c1-3-7(2)8(10)9(12)11-4-5-13-6-11;5-3(6)1-2-4(7)8/h7-8H,3-6,10H2,1-2H3;1-2H,(H,5,6)(H,7,8)/b;2-1+. The van der Waals surface area contributed by atoms with Gasteiger partial charge in [-0.1, -0.05) is 20.3 Å². The highest BCUT2D eigenvalue weighted by Gasteiger charge is 2.26. The Labute approximate surface area is 128 Å². The van der Waals surface area contributed by atoms with Crippen molar-refractivity contribution in [1.29, 1.82) is 0 Å². The number of rotatable bonds is 5. The molecular formula is C13H22N2O5S. The van der Waals surface area contributed by atoms with E-state index in [9.17, 15) is 14.4 Å². The molecule has 8 heteroatoms. The largest absolute Gasteiger partial charge is 0.478 e. The van der Waals surface area contributed by atoms with E-state index < -0.39 is 11.9 Å². The Morgan fingerprint density at radius 1 is 1.29 bits per heavy atom. The predicted octanol–water partition coefficient (Wildman–Crippen LogP) is 0.605. The van der Waals surface area contributed by atoms with E-state index in [2.05, 4.69) is 6.92 Å². The molecule has 0 aromatic rings. The summed E-state index contributed by atoms with van der Waals surface area (Å²) in [5.74, 6) is -0.223. The number of nitrogens with two attached hydrogens (primary N) is 1. The second kappa shape index (κ2) is 10.2. The molecule has 0 spiro atoms. The molecule has 0 bridgehead atoms. The van der Waals surface area contributed by atoms with Gasteiger partial charge in [-0.25, -0.2) is 9.59 Å². The van der Waals surface area contributed by atoms with Gasteiger partial charge in [0.2, 0.25) is 5.91 Å². The summed E-state index contributed by atoms with van der Waals surface area (Å²) in [5.41, 5.74) is 5.85. The van der Waals surface area contributed by atoms with Crippen LogP contribution in [0.5, 0.6) is 0 Å². The highest BCUT2D eigenvalue weighted by molar-refractivity contribution is 7.99. The summed E-state index contributed by atoms with van der Waals surface area (Å²) in [4.78, 5) is 32.7. The first-order valence-electron chi connectivity index (χ1n) is 6.55. The fraction of sp³-hybridized carbons (Fsp3) is 0.615. The topological polar surface area (TPSA) is 121 Å². The zero-order valence-corrected chi connectivity index (χ0v) is 13.0. The number of thioether (sulfide) groups is 1. The molecule has 1 aliphatic heterocycles. The molecule has 7 nitrogen and oxygen atoms in total. The van der Waals surface area contributed by atoms with E-state index in [0.29, 0.717) is 12.2 Å². The summed E-state index contributed by atoms with van der Waals surface area (Å²) in [5, 5.41) is 15.6. The number of carboxylic acid groups (broad SMARTS) is 2. The highest BCUT2D eigenvalue weighted by Crippen LogP contribution is 2.16. The van der Waals surface area contributed by atoms with Gasteiger partial charge in [-0.05, 0) is 5.92 Å². The smallest absolute Gasteiger partial charge is 0.328 e. The molecule has 21 heavy (non-hydrogen) atoms. The normalized spacial score (nSPS) is 17.0. The highest BCUT2D eigenvalue weighted by atomic mass is 32.2. The summed E-state index contributed by atoms with van der Waals surface area (Å²) in [6.07, 6.45) is 2.08. The Morgan fingerprint density at radius 2 is 1.81 bits per heavy atom. The number of hydrogen-bond donors (Lipinski definition) is 3. The van der Waals surface area contributed by atoms with Crippen LogP contribution < -0.4 is 5.73 Å². The third-order valence-corrected chi connectivity index (χ3v) is 3.94. The number of carbonyl (C=O) groups excluding carboxylic acids is 1. The van der Waals surface area contributed by atoms with E-state index in [1.165, 1.54) is 0 Å². The van der Waals surface area contributed by atoms with Crippen molar-refractivity contribution in [3.8, 4) is 0 Å². The molecule has 1 rings (SSSR count). The van der Waals surface area contributed by atoms with Crippen LogP contribution in [-0.4, -0.2) is 57.2 Å². The third kappa shape index (κ3) is 8.36. The van der Waals surface area contributed by atoms with Crippen molar-refractivity contribution >= 4 is 29.6 Å². The molecule has 0 aromatic heterocycles. The number of carboxylic acids is 2. The van der Waals surface area contributed by atoms with Gasteiger partial charge in [0.05, 0.1) is 11.9 Å². The van der Waals surface area contributed by atoms with Crippen LogP contribution in [0.2, 0.25) is 0 Å². The van der Waals surface area contributed by atoms with Crippen LogP contribution in [0.4, 0.5) is 0 Å². The fourth-order valence-electron chi connectivity index (χ4n) is 1.44. The molecule has 0 aliphatic carbocycles. The van der Waals surface area contributed by atoms with Crippen molar-refractivity contribution in [2.24, 2.45) is 11.7 Å². The Bertz CT molecular complexity index is 378. The van der Waals surface area contributed by atoms with Gasteiger partial charge in [-0.3, -0.25) is 4.79 Å². The van der Waals surface area contributed by atoms with Crippen LogP contribution in [0.3, 0.4) is 0 Å². The van der Waals surface area contributed by atoms with Gasteiger partial charge in [-0.15, -0.1) is 11.8 Å². The SMILES string of the molecule is CCC(C)C(N)C(=O)N1CCSC1.O=C(O)/C=C/C(=O)O. The molecule has 120 valence electrons. The van der Waals surface area contributed by atoms with E-state index in [1.807, 2.05) is 11.8 Å². The first-order chi connectivity index (χ1) is 9.79. The third-order valence-electron chi connectivity index (χ3n) is 2.97. The maximum Gasteiger partial charge on any atom is 0.328 e. The van der Waals surface area contributed by atoms with E-state index in [1.54, 1.807) is 11.8 Å².